The number of H-pyrrole nitrogens is 2. The van der Waals surface area contributed by atoms with Crippen LogP contribution in [0, 0.1) is 0 Å². The molecule has 0 spiro atoms. The van der Waals surface area contributed by atoms with Crippen LogP contribution in [0.25, 0.3) is 10.9 Å². The number of aryl methyl sites for hydroxylation is 1. The summed E-state index contributed by atoms with van der Waals surface area (Å²) in [6.07, 6.45) is 5.30. The second-order valence-electron chi connectivity index (χ2n) is 4.99. The van der Waals surface area contributed by atoms with Gasteiger partial charge in [0.1, 0.15) is 0 Å². The molecule has 6 nitrogen and oxygen atoms in total. The van der Waals surface area contributed by atoms with Crippen LogP contribution in [0.15, 0.2) is 46.4 Å². The van der Waals surface area contributed by atoms with Gasteiger partial charge in [0.05, 0.1) is 6.21 Å². The van der Waals surface area contributed by atoms with Crippen molar-refractivity contribution in [2.24, 2.45) is 5.10 Å². The summed E-state index contributed by atoms with van der Waals surface area (Å²) in [6, 6.07) is 9.50. The van der Waals surface area contributed by atoms with Crippen molar-refractivity contribution in [1.29, 1.82) is 0 Å². The van der Waals surface area contributed by atoms with E-state index in [1.54, 1.807) is 6.21 Å². The van der Waals surface area contributed by atoms with E-state index < -0.39 is 0 Å². The van der Waals surface area contributed by atoms with E-state index >= 15 is 0 Å². The molecule has 2 heterocycles. The lowest BCUT2D eigenvalue weighted by atomic mass is 10.2. The van der Waals surface area contributed by atoms with Crippen LogP contribution in [-0.2, 0) is 6.42 Å². The van der Waals surface area contributed by atoms with E-state index in [1.165, 1.54) is 6.07 Å². The van der Waals surface area contributed by atoms with Crippen LogP contribution in [0.4, 0.5) is 5.95 Å². The summed E-state index contributed by atoms with van der Waals surface area (Å²) in [7, 11) is 0. The van der Waals surface area contributed by atoms with Crippen molar-refractivity contribution in [3.05, 3.63) is 58.1 Å². The van der Waals surface area contributed by atoms with Crippen LogP contribution in [0.3, 0.4) is 0 Å². The molecule has 0 aliphatic carbocycles. The lowest BCUT2D eigenvalue weighted by molar-refractivity contribution is 0.867. The number of nitrogens with zero attached hydrogens (tertiary/aromatic N) is 2. The first-order valence-corrected chi connectivity index (χ1v) is 7.21. The fraction of sp³-hybridized carbons (Fsp3) is 0.188. The molecule has 3 N–H and O–H groups in total. The molecule has 0 saturated carbocycles. The third kappa shape index (κ3) is 3.06. The molecule has 112 valence electrons. The predicted molar refractivity (Wildman–Crippen MR) is 88.4 cm³/mol. The maximum absolute atomic E-state index is 11.6. The molecule has 6 heteroatoms. The lowest BCUT2D eigenvalue weighted by Crippen LogP contribution is -2.11. The standard InChI is InChI=1S/C16H17N5O/c1-2-5-12-8-15(22)20-16(19-12)21-18-10-11-9-17-14-7-4-3-6-13(11)14/h3-4,6-10,17H,2,5H2,1H3,(H2,19,20,21,22)/b18-10+. The van der Waals surface area contributed by atoms with Gasteiger partial charge in [0.25, 0.3) is 5.56 Å². The molecule has 0 bridgehead atoms. The van der Waals surface area contributed by atoms with Crippen molar-refractivity contribution in [3.63, 3.8) is 0 Å². The molecule has 3 rings (SSSR count). The van der Waals surface area contributed by atoms with Crippen LogP contribution in [-0.4, -0.2) is 21.2 Å². The monoisotopic (exact) mass is 295 g/mol. The van der Waals surface area contributed by atoms with Gasteiger partial charge < -0.3 is 4.98 Å². The number of para-hydroxylation sites is 1. The van der Waals surface area contributed by atoms with Gasteiger partial charge in [-0.2, -0.15) is 5.10 Å². The fourth-order valence-electron chi connectivity index (χ4n) is 2.31. The first-order chi connectivity index (χ1) is 10.8. The van der Waals surface area contributed by atoms with Gasteiger partial charge in [0, 0.05) is 34.4 Å². The topological polar surface area (TPSA) is 85.9 Å². The average molecular weight is 295 g/mol. The minimum atomic E-state index is -0.178. The Morgan fingerprint density at radius 2 is 2.23 bits per heavy atom. The number of hydrogen-bond acceptors (Lipinski definition) is 4. The second kappa shape index (κ2) is 6.26. The van der Waals surface area contributed by atoms with Gasteiger partial charge in [-0.25, -0.2) is 10.4 Å². The number of benzene rings is 1. The minimum absolute atomic E-state index is 0.178. The van der Waals surface area contributed by atoms with Crippen molar-refractivity contribution in [2.75, 3.05) is 5.43 Å². The van der Waals surface area contributed by atoms with E-state index in [-0.39, 0.29) is 5.56 Å². The zero-order valence-electron chi connectivity index (χ0n) is 12.3. The molecular weight excluding hydrogens is 278 g/mol. The van der Waals surface area contributed by atoms with Gasteiger partial charge in [-0.1, -0.05) is 31.5 Å². The van der Waals surface area contributed by atoms with Crippen molar-refractivity contribution < 1.29 is 0 Å². The number of aromatic amines is 2. The van der Waals surface area contributed by atoms with Gasteiger partial charge in [-0.05, 0) is 12.5 Å². The van der Waals surface area contributed by atoms with E-state index in [0.29, 0.717) is 5.95 Å². The first kappa shape index (κ1) is 14.1. The highest BCUT2D eigenvalue weighted by Crippen LogP contribution is 2.15. The molecule has 2 aromatic heterocycles. The van der Waals surface area contributed by atoms with Crippen LogP contribution >= 0.6 is 0 Å². The summed E-state index contributed by atoms with van der Waals surface area (Å²) in [6.45, 7) is 2.05. The average Bonchev–Trinajstić information content (AvgIpc) is 2.91. The Labute approximate surface area is 127 Å². The fourth-order valence-corrected chi connectivity index (χ4v) is 2.31. The molecule has 0 radical (unpaired) electrons. The molecule has 0 unspecified atom stereocenters. The van der Waals surface area contributed by atoms with E-state index in [1.807, 2.05) is 37.4 Å². The molecule has 0 aliphatic rings. The summed E-state index contributed by atoms with van der Waals surface area (Å²) in [5, 5.41) is 5.24. The summed E-state index contributed by atoms with van der Waals surface area (Å²) < 4.78 is 0. The Morgan fingerprint density at radius 1 is 1.36 bits per heavy atom. The molecule has 1 aromatic carbocycles. The highest BCUT2D eigenvalue weighted by molar-refractivity contribution is 5.99. The second-order valence-corrected chi connectivity index (χ2v) is 4.99. The summed E-state index contributed by atoms with van der Waals surface area (Å²) in [5.74, 6) is 0.354. The van der Waals surface area contributed by atoms with E-state index in [9.17, 15) is 4.79 Å². The zero-order chi connectivity index (χ0) is 15.4. The Balaban J connectivity index is 1.78. The van der Waals surface area contributed by atoms with Crippen LogP contribution in [0.5, 0.6) is 0 Å². The van der Waals surface area contributed by atoms with E-state index in [4.69, 9.17) is 0 Å². The van der Waals surface area contributed by atoms with Gasteiger partial charge in [-0.3, -0.25) is 9.78 Å². The molecule has 0 aliphatic heterocycles. The number of anilines is 1. The quantitative estimate of drug-likeness (QED) is 0.499. The number of nitrogens with one attached hydrogen (secondary N) is 3. The van der Waals surface area contributed by atoms with Crippen LogP contribution in [0.2, 0.25) is 0 Å². The van der Waals surface area contributed by atoms with Gasteiger partial charge in [0.2, 0.25) is 5.95 Å². The maximum Gasteiger partial charge on any atom is 0.252 e. The van der Waals surface area contributed by atoms with Crippen LogP contribution in [0.1, 0.15) is 24.6 Å². The van der Waals surface area contributed by atoms with E-state index in [0.717, 1.165) is 35.0 Å². The highest BCUT2D eigenvalue weighted by atomic mass is 16.1. The Morgan fingerprint density at radius 3 is 3.09 bits per heavy atom. The first-order valence-electron chi connectivity index (χ1n) is 7.21. The minimum Gasteiger partial charge on any atom is -0.361 e. The molecule has 0 atom stereocenters. The third-order valence-corrected chi connectivity index (χ3v) is 3.30. The van der Waals surface area contributed by atoms with Gasteiger partial charge in [-0.15, -0.1) is 0 Å². The van der Waals surface area contributed by atoms with Crippen LogP contribution < -0.4 is 11.0 Å². The lowest BCUT2D eigenvalue weighted by Gasteiger charge is -2.01. The molecule has 0 amide bonds. The van der Waals surface area contributed by atoms with Crippen molar-refractivity contribution in [3.8, 4) is 0 Å². The predicted octanol–water partition coefficient (Wildman–Crippen LogP) is 2.65. The number of hydrazone groups is 1. The molecule has 3 aromatic rings. The number of fused-ring (bicyclic) bond motifs is 1. The third-order valence-electron chi connectivity index (χ3n) is 3.30. The summed E-state index contributed by atoms with van der Waals surface area (Å²) >= 11 is 0. The molecule has 0 saturated heterocycles. The van der Waals surface area contributed by atoms with Crippen molar-refractivity contribution in [1.82, 2.24) is 15.0 Å². The van der Waals surface area contributed by atoms with Crippen molar-refractivity contribution in [2.45, 2.75) is 19.8 Å². The Hall–Kier alpha value is -2.89. The van der Waals surface area contributed by atoms with Gasteiger partial charge >= 0.3 is 0 Å². The largest absolute Gasteiger partial charge is 0.361 e. The Kier molecular flexibility index (Phi) is 4.00. The molecule has 0 fully saturated rings. The normalized spacial score (nSPS) is 11.3. The maximum atomic E-state index is 11.6. The number of aromatic nitrogens is 3. The van der Waals surface area contributed by atoms with E-state index in [2.05, 4.69) is 25.5 Å². The zero-order valence-corrected chi connectivity index (χ0v) is 12.3. The molecule has 22 heavy (non-hydrogen) atoms. The SMILES string of the molecule is CCCc1cc(=O)[nH]c(N/N=C/c2c[nH]c3ccccc23)n1. The van der Waals surface area contributed by atoms with Crippen molar-refractivity contribution >= 4 is 23.1 Å². The number of hydrogen-bond donors (Lipinski definition) is 3. The highest BCUT2D eigenvalue weighted by Gasteiger charge is 2.01. The summed E-state index contributed by atoms with van der Waals surface area (Å²) in [5.41, 5.74) is 5.38. The summed E-state index contributed by atoms with van der Waals surface area (Å²) in [4.78, 5) is 21.7. The van der Waals surface area contributed by atoms with Gasteiger partial charge in [0.15, 0.2) is 0 Å². The number of rotatable bonds is 5. The molecular formula is C16H17N5O. The smallest absolute Gasteiger partial charge is 0.252 e. The Bertz CT molecular complexity index is 862.